The molecule has 0 spiro atoms. The molecule has 0 bridgehead atoms. The average molecular weight is 410 g/mol. The first-order chi connectivity index (χ1) is 14.0. The van der Waals surface area contributed by atoms with Crippen molar-refractivity contribution in [3.63, 3.8) is 0 Å². The molecule has 0 saturated carbocycles. The zero-order valence-electron chi connectivity index (χ0n) is 16.0. The first-order valence-corrected chi connectivity index (χ1v) is 9.63. The van der Waals surface area contributed by atoms with Gasteiger partial charge in [-0.1, -0.05) is 23.5 Å². The number of furan rings is 1. The third kappa shape index (κ3) is 3.31. The van der Waals surface area contributed by atoms with Crippen LogP contribution < -0.4 is 19.6 Å². The Labute approximate surface area is 169 Å². The Morgan fingerprint density at radius 1 is 1.24 bits per heavy atom. The van der Waals surface area contributed by atoms with Gasteiger partial charge in [-0.3, -0.25) is 9.36 Å². The topological polar surface area (TPSA) is 83.0 Å². The number of thiazole rings is 1. The summed E-state index contributed by atoms with van der Waals surface area (Å²) >= 11 is 1.25. The highest BCUT2D eigenvalue weighted by Gasteiger charge is 2.33. The first kappa shape index (κ1) is 18.9. The van der Waals surface area contributed by atoms with Gasteiger partial charge in [-0.2, -0.15) is 0 Å². The molecule has 0 N–H and O–H groups in total. The fourth-order valence-electron chi connectivity index (χ4n) is 3.30. The predicted octanol–water partition coefficient (Wildman–Crippen LogP) is 2.01. The summed E-state index contributed by atoms with van der Waals surface area (Å²) < 4.78 is 17.5. The molecule has 3 aromatic rings. The van der Waals surface area contributed by atoms with Crippen LogP contribution in [0.25, 0.3) is 6.08 Å². The van der Waals surface area contributed by atoms with Gasteiger partial charge >= 0.3 is 5.97 Å². The van der Waals surface area contributed by atoms with Crippen molar-refractivity contribution in [2.24, 2.45) is 4.99 Å². The number of benzene rings is 1. The maximum Gasteiger partial charge on any atom is 0.338 e. The number of methoxy groups -OCH3 is 2. The predicted molar refractivity (Wildman–Crippen MR) is 107 cm³/mol. The Bertz CT molecular complexity index is 1260. The van der Waals surface area contributed by atoms with Gasteiger partial charge in [0.2, 0.25) is 0 Å². The second-order valence-electron chi connectivity index (χ2n) is 6.36. The molecule has 8 heteroatoms. The number of rotatable bonds is 4. The number of ether oxygens (including phenoxy) is 2. The van der Waals surface area contributed by atoms with E-state index in [1.165, 1.54) is 23.0 Å². The monoisotopic (exact) mass is 410 g/mol. The van der Waals surface area contributed by atoms with Crippen LogP contribution in [0.5, 0.6) is 5.75 Å². The van der Waals surface area contributed by atoms with Crippen molar-refractivity contribution >= 4 is 23.4 Å². The van der Waals surface area contributed by atoms with Crippen molar-refractivity contribution in [1.82, 2.24) is 4.57 Å². The van der Waals surface area contributed by atoms with Crippen molar-refractivity contribution in [3.05, 3.63) is 84.9 Å². The first-order valence-electron chi connectivity index (χ1n) is 8.82. The molecule has 4 rings (SSSR count). The van der Waals surface area contributed by atoms with Crippen LogP contribution >= 0.6 is 11.3 Å². The summed E-state index contributed by atoms with van der Waals surface area (Å²) in [6.45, 7) is 1.74. The molecule has 2 aromatic heterocycles. The van der Waals surface area contributed by atoms with E-state index in [0.29, 0.717) is 32.1 Å². The highest BCUT2D eigenvalue weighted by atomic mass is 32.1. The van der Waals surface area contributed by atoms with Crippen LogP contribution in [0, 0.1) is 0 Å². The number of hydrogen-bond acceptors (Lipinski definition) is 7. The molecule has 29 heavy (non-hydrogen) atoms. The quantitative estimate of drug-likeness (QED) is 0.615. The lowest BCUT2D eigenvalue weighted by Gasteiger charge is -2.24. The lowest BCUT2D eigenvalue weighted by Crippen LogP contribution is -2.39. The highest BCUT2D eigenvalue weighted by Crippen LogP contribution is 2.31. The van der Waals surface area contributed by atoms with Crippen LogP contribution in [0.1, 0.15) is 24.3 Å². The summed E-state index contributed by atoms with van der Waals surface area (Å²) in [6.07, 6.45) is 3.22. The van der Waals surface area contributed by atoms with Gasteiger partial charge in [0, 0.05) is 6.08 Å². The molecule has 7 nitrogen and oxygen atoms in total. The number of carbonyl (C=O) groups excluding carboxylic acids is 1. The van der Waals surface area contributed by atoms with Crippen LogP contribution in [-0.2, 0) is 9.53 Å². The summed E-state index contributed by atoms with van der Waals surface area (Å²) in [4.78, 5) is 30.8. The SMILES string of the molecule is COC(=O)C1=C(C)N=c2sc(=Cc3ccco3)c(=O)n2[C@@H]1c1ccc(OC)cc1. The van der Waals surface area contributed by atoms with Crippen molar-refractivity contribution in [2.45, 2.75) is 13.0 Å². The lowest BCUT2D eigenvalue weighted by molar-refractivity contribution is -0.136. The van der Waals surface area contributed by atoms with Crippen LogP contribution in [0.15, 0.2) is 68.1 Å². The number of carbonyl (C=O) groups is 1. The van der Waals surface area contributed by atoms with Gasteiger partial charge in [-0.25, -0.2) is 9.79 Å². The average Bonchev–Trinajstić information content (AvgIpc) is 3.35. The summed E-state index contributed by atoms with van der Waals surface area (Å²) in [5, 5.41) is 0. The molecule has 0 amide bonds. The minimum atomic E-state index is -0.650. The molecule has 0 fully saturated rings. The summed E-state index contributed by atoms with van der Waals surface area (Å²) in [7, 11) is 2.90. The van der Waals surface area contributed by atoms with Crippen molar-refractivity contribution in [2.75, 3.05) is 14.2 Å². The maximum atomic E-state index is 13.3. The number of allylic oxidation sites excluding steroid dienone is 1. The fourth-order valence-corrected chi connectivity index (χ4v) is 4.32. The molecule has 1 aromatic carbocycles. The van der Waals surface area contributed by atoms with E-state index in [4.69, 9.17) is 13.9 Å². The minimum Gasteiger partial charge on any atom is -0.497 e. The molecule has 0 unspecified atom stereocenters. The number of aromatic nitrogens is 1. The number of hydrogen-bond donors (Lipinski definition) is 0. The summed E-state index contributed by atoms with van der Waals surface area (Å²) in [5.41, 5.74) is 1.35. The third-order valence-corrected chi connectivity index (χ3v) is 5.66. The van der Waals surface area contributed by atoms with Crippen molar-refractivity contribution in [1.29, 1.82) is 0 Å². The molecule has 0 aliphatic carbocycles. The van der Waals surface area contributed by atoms with E-state index < -0.39 is 12.0 Å². The zero-order chi connectivity index (χ0) is 20.5. The molecule has 3 heterocycles. The normalized spacial score (nSPS) is 16.4. The van der Waals surface area contributed by atoms with Gasteiger partial charge in [-0.15, -0.1) is 0 Å². The largest absolute Gasteiger partial charge is 0.497 e. The summed E-state index contributed by atoms with van der Waals surface area (Å²) in [6, 6.07) is 10.1. The molecular weight excluding hydrogens is 392 g/mol. The zero-order valence-corrected chi connectivity index (χ0v) is 16.9. The lowest BCUT2D eigenvalue weighted by atomic mass is 9.96. The minimum absolute atomic E-state index is 0.250. The van der Waals surface area contributed by atoms with Gasteiger partial charge in [-0.05, 0) is 36.8 Å². The molecule has 0 saturated heterocycles. The number of fused-ring (bicyclic) bond motifs is 1. The Morgan fingerprint density at radius 2 is 2.00 bits per heavy atom. The Balaban J connectivity index is 1.97. The Morgan fingerprint density at radius 3 is 2.62 bits per heavy atom. The smallest absolute Gasteiger partial charge is 0.338 e. The van der Waals surface area contributed by atoms with Crippen LogP contribution in [0.3, 0.4) is 0 Å². The van der Waals surface area contributed by atoms with Crippen molar-refractivity contribution in [3.8, 4) is 5.75 Å². The van der Waals surface area contributed by atoms with E-state index in [1.807, 2.05) is 12.1 Å². The highest BCUT2D eigenvalue weighted by molar-refractivity contribution is 7.07. The van der Waals surface area contributed by atoms with Crippen LogP contribution in [0.4, 0.5) is 0 Å². The Kier molecular flexibility index (Phi) is 4.94. The van der Waals surface area contributed by atoms with E-state index in [1.54, 1.807) is 50.6 Å². The summed E-state index contributed by atoms with van der Waals surface area (Å²) in [5.74, 6) is 0.729. The second-order valence-corrected chi connectivity index (χ2v) is 7.37. The van der Waals surface area contributed by atoms with Crippen LogP contribution in [0.2, 0.25) is 0 Å². The van der Waals surface area contributed by atoms with E-state index in [2.05, 4.69) is 4.99 Å². The number of nitrogens with zero attached hydrogens (tertiary/aromatic N) is 2. The van der Waals surface area contributed by atoms with Crippen molar-refractivity contribution < 1.29 is 18.7 Å². The molecule has 1 aliphatic rings. The van der Waals surface area contributed by atoms with E-state index in [9.17, 15) is 9.59 Å². The molecule has 148 valence electrons. The van der Waals surface area contributed by atoms with E-state index in [0.717, 1.165) is 5.56 Å². The van der Waals surface area contributed by atoms with E-state index in [-0.39, 0.29) is 5.56 Å². The van der Waals surface area contributed by atoms with Gasteiger partial charge in [0.15, 0.2) is 4.80 Å². The van der Waals surface area contributed by atoms with Gasteiger partial charge in [0.05, 0.1) is 42.3 Å². The van der Waals surface area contributed by atoms with Gasteiger partial charge in [0.25, 0.3) is 5.56 Å². The molecular formula is C21H18N2O5S. The third-order valence-electron chi connectivity index (χ3n) is 4.68. The van der Waals surface area contributed by atoms with Gasteiger partial charge in [0.1, 0.15) is 11.5 Å². The molecule has 1 aliphatic heterocycles. The maximum absolute atomic E-state index is 13.3. The number of esters is 1. The van der Waals surface area contributed by atoms with Gasteiger partial charge < -0.3 is 13.9 Å². The Hall–Kier alpha value is -3.39. The molecule has 0 radical (unpaired) electrons. The second kappa shape index (κ2) is 7.56. The fraction of sp³-hybridized carbons (Fsp3) is 0.190. The standard InChI is InChI=1S/C21H18N2O5S/c1-12-17(20(25)27-3)18(13-6-8-14(26-2)9-7-13)23-19(24)16(29-21(23)22-12)11-15-5-4-10-28-15/h4-11,18H,1-3H3/t18-/m1/s1. The molecule has 1 atom stereocenters. The van der Waals surface area contributed by atoms with E-state index >= 15 is 0 Å². The van der Waals surface area contributed by atoms with Crippen LogP contribution in [-0.4, -0.2) is 24.8 Å².